The number of hydrogen-bond donors (Lipinski definition) is 1. The van der Waals surface area contributed by atoms with Gasteiger partial charge in [-0.2, -0.15) is 4.98 Å². The fraction of sp³-hybridized carbons (Fsp3) is 0.0556. The molecule has 0 bridgehead atoms. The number of fused-ring (bicyclic) bond motifs is 1. The lowest BCUT2D eigenvalue weighted by Gasteiger charge is -2.06. The number of halogens is 2. The molecule has 2 aromatic heterocycles. The number of ether oxygens (including phenoxy) is 1. The fourth-order valence-electron chi connectivity index (χ4n) is 2.51. The molecule has 1 N–H and O–H groups in total. The smallest absolute Gasteiger partial charge is 0.417 e. The molecule has 4 aromatic rings. The molecule has 0 amide bonds. The van der Waals surface area contributed by atoms with Gasteiger partial charge in [-0.3, -0.25) is 4.52 Å². The highest BCUT2D eigenvalue weighted by Gasteiger charge is 2.14. The van der Waals surface area contributed by atoms with E-state index in [9.17, 15) is 9.90 Å². The summed E-state index contributed by atoms with van der Waals surface area (Å²) in [6.07, 6.45) is -0.0869. The summed E-state index contributed by atoms with van der Waals surface area (Å²) in [6, 6.07) is 11.1. The van der Waals surface area contributed by atoms with Gasteiger partial charge in [-0.25, -0.2) is 4.79 Å². The summed E-state index contributed by atoms with van der Waals surface area (Å²) in [6.45, 7) is -0.0483. The van der Waals surface area contributed by atoms with E-state index in [-0.39, 0.29) is 34.9 Å². The number of rotatable bonds is 4. The molecule has 0 saturated heterocycles. The van der Waals surface area contributed by atoms with Crippen LogP contribution >= 0.6 is 23.2 Å². The van der Waals surface area contributed by atoms with E-state index in [0.717, 1.165) is 0 Å². The van der Waals surface area contributed by atoms with Crippen molar-refractivity contribution in [3.63, 3.8) is 0 Å². The summed E-state index contributed by atoms with van der Waals surface area (Å²) in [5.41, 5.74) is 0.682. The van der Waals surface area contributed by atoms with Gasteiger partial charge in [-0.1, -0.05) is 40.5 Å². The Kier molecular flexibility index (Phi) is 4.47. The highest BCUT2D eigenvalue weighted by atomic mass is 35.5. The number of phenols is 1. The molecule has 4 rings (SSSR count). The minimum absolute atomic E-state index is 0.0483. The van der Waals surface area contributed by atoms with E-state index in [0.29, 0.717) is 21.5 Å². The van der Waals surface area contributed by atoms with Crippen molar-refractivity contribution in [3.05, 3.63) is 68.5 Å². The third-order valence-electron chi connectivity index (χ3n) is 3.77. The van der Waals surface area contributed by atoms with Gasteiger partial charge < -0.3 is 14.3 Å². The molecule has 0 fully saturated rings. The van der Waals surface area contributed by atoms with E-state index in [1.807, 2.05) is 0 Å². The molecule has 0 unspecified atom stereocenters. The lowest BCUT2D eigenvalue weighted by atomic mass is 10.1. The first kappa shape index (κ1) is 17.4. The monoisotopic (exact) mass is 404 g/mol. The molecule has 0 aliphatic rings. The van der Waals surface area contributed by atoms with Crippen molar-refractivity contribution < 1.29 is 18.8 Å². The molecule has 7 nitrogen and oxygen atoms in total. The lowest BCUT2D eigenvalue weighted by molar-refractivity contribution is 0.195. The second-order valence-corrected chi connectivity index (χ2v) is 6.36. The van der Waals surface area contributed by atoms with Gasteiger partial charge in [-0.05, 0) is 18.2 Å². The van der Waals surface area contributed by atoms with Crippen LogP contribution in [0.15, 0.2) is 56.2 Å². The predicted octanol–water partition coefficient (Wildman–Crippen LogP) is 4.43. The fourth-order valence-corrected chi connectivity index (χ4v) is 2.90. The van der Waals surface area contributed by atoms with Crippen LogP contribution < -0.4 is 10.4 Å². The molecule has 0 aliphatic heterocycles. The number of aromatic hydroxyl groups is 1. The first-order valence-corrected chi connectivity index (χ1v) is 8.43. The van der Waals surface area contributed by atoms with Gasteiger partial charge in [0.1, 0.15) is 17.9 Å². The first-order chi connectivity index (χ1) is 13.0. The first-order valence-electron chi connectivity index (χ1n) is 7.68. The van der Waals surface area contributed by atoms with Gasteiger partial charge in [-0.15, -0.1) is 0 Å². The van der Waals surface area contributed by atoms with E-state index >= 15 is 0 Å². The number of hydrogen-bond acceptors (Lipinski definition) is 7. The predicted molar refractivity (Wildman–Crippen MR) is 98.2 cm³/mol. The average Bonchev–Trinajstić information content (AvgIpc) is 3.10. The molecule has 2 aromatic carbocycles. The Morgan fingerprint density at radius 3 is 2.74 bits per heavy atom. The Hall–Kier alpha value is -3.03. The van der Waals surface area contributed by atoms with Crippen LogP contribution in [0.3, 0.4) is 0 Å². The Balaban J connectivity index is 1.62. The van der Waals surface area contributed by atoms with Crippen LogP contribution in [0.4, 0.5) is 0 Å². The molecular weight excluding hydrogens is 395 g/mol. The van der Waals surface area contributed by atoms with E-state index in [1.54, 1.807) is 24.3 Å². The Morgan fingerprint density at radius 1 is 1.11 bits per heavy atom. The molecule has 27 heavy (non-hydrogen) atoms. The molecule has 0 saturated carbocycles. The number of phenolic OH excluding ortho intramolecular Hbond substituents is 1. The maximum absolute atomic E-state index is 11.7. The van der Waals surface area contributed by atoms with E-state index < -0.39 is 5.63 Å². The third-order valence-corrected chi connectivity index (χ3v) is 4.40. The summed E-state index contributed by atoms with van der Waals surface area (Å²) in [5.74, 6) is 0.0904. The highest BCUT2D eigenvalue weighted by molar-refractivity contribution is 6.33. The van der Waals surface area contributed by atoms with Gasteiger partial charge in [0.15, 0.2) is 0 Å². The summed E-state index contributed by atoms with van der Waals surface area (Å²) in [4.78, 5) is 15.9. The van der Waals surface area contributed by atoms with Crippen molar-refractivity contribution in [3.8, 4) is 23.2 Å². The summed E-state index contributed by atoms with van der Waals surface area (Å²) in [5, 5.41) is 14.6. The Morgan fingerprint density at radius 2 is 1.93 bits per heavy atom. The van der Waals surface area contributed by atoms with E-state index in [4.69, 9.17) is 36.9 Å². The quantitative estimate of drug-likeness (QED) is 0.502. The van der Waals surface area contributed by atoms with Crippen molar-refractivity contribution in [1.82, 2.24) is 10.1 Å². The van der Waals surface area contributed by atoms with Crippen LogP contribution in [0.1, 0.15) is 5.56 Å². The Labute approximate surface area is 161 Å². The zero-order chi connectivity index (χ0) is 19.0. The topological polar surface area (TPSA) is 98.6 Å². The van der Waals surface area contributed by atoms with Crippen molar-refractivity contribution >= 4 is 34.2 Å². The van der Waals surface area contributed by atoms with Crippen LogP contribution in [0.25, 0.3) is 22.4 Å². The van der Waals surface area contributed by atoms with Crippen LogP contribution in [0.2, 0.25) is 10.0 Å². The van der Waals surface area contributed by atoms with E-state index in [2.05, 4.69) is 10.1 Å². The molecule has 0 aliphatic carbocycles. The highest BCUT2D eigenvalue weighted by Crippen LogP contribution is 2.31. The molecule has 0 radical (unpaired) electrons. The number of nitrogens with zero attached hydrogens (tertiary/aromatic N) is 2. The maximum Gasteiger partial charge on any atom is 0.417 e. The SMILES string of the molecule is O=c1cc(COc2nc(-c3ccccc3Cl)no2)c2cc(Cl)c(O)cc2o1. The van der Waals surface area contributed by atoms with Crippen molar-refractivity contribution in [2.75, 3.05) is 0 Å². The molecule has 136 valence electrons. The van der Waals surface area contributed by atoms with Crippen molar-refractivity contribution in [2.24, 2.45) is 0 Å². The summed E-state index contributed by atoms with van der Waals surface area (Å²) in [7, 11) is 0. The van der Waals surface area contributed by atoms with Gasteiger partial charge >= 0.3 is 11.7 Å². The van der Waals surface area contributed by atoms with Gasteiger partial charge in [0.05, 0.1) is 10.0 Å². The largest absolute Gasteiger partial charge is 0.506 e. The van der Waals surface area contributed by atoms with E-state index in [1.165, 1.54) is 18.2 Å². The van der Waals surface area contributed by atoms with Crippen LogP contribution in [-0.4, -0.2) is 15.2 Å². The maximum atomic E-state index is 11.7. The minimum Gasteiger partial charge on any atom is -0.506 e. The molecule has 0 atom stereocenters. The summed E-state index contributed by atoms with van der Waals surface area (Å²) < 4.78 is 15.6. The van der Waals surface area contributed by atoms with Crippen molar-refractivity contribution in [1.29, 1.82) is 0 Å². The third kappa shape index (κ3) is 3.47. The van der Waals surface area contributed by atoms with Gasteiger partial charge in [0.25, 0.3) is 0 Å². The normalized spacial score (nSPS) is 11.0. The van der Waals surface area contributed by atoms with Crippen molar-refractivity contribution in [2.45, 2.75) is 6.61 Å². The molecular formula is C18H10Cl2N2O5. The van der Waals surface area contributed by atoms with Crippen LogP contribution in [-0.2, 0) is 6.61 Å². The zero-order valence-electron chi connectivity index (χ0n) is 13.5. The van der Waals surface area contributed by atoms with Gasteiger partial charge in [0, 0.05) is 28.6 Å². The molecule has 2 heterocycles. The minimum atomic E-state index is -0.592. The summed E-state index contributed by atoms with van der Waals surface area (Å²) >= 11 is 12.0. The number of aromatic nitrogens is 2. The standard InChI is InChI=1S/C18H10Cl2N2O5/c19-12-4-2-1-3-10(12)17-21-18(27-22-17)25-8-9-5-16(24)26-15-7-14(23)13(20)6-11(9)15/h1-7,23H,8H2. The van der Waals surface area contributed by atoms with Crippen LogP contribution in [0.5, 0.6) is 11.8 Å². The Bertz CT molecular complexity index is 1200. The lowest BCUT2D eigenvalue weighted by Crippen LogP contribution is -2.04. The second-order valence-electron chi connectivity index (χ2n) is 5.54. The zero-order valence-corrected chi connectivity index (χ0v) is 15.0. The van der Waals surface area contributed by atoms with Gasteiger partial charge in [0.2, 0.25) is 5.82 Å². The van der Waals surface area contributed by atoms with Crippen LogP contribution in [0, 0.1) is 0 Å². The molecule has 0 spiro atoms. The number of benzene rings is 2. The second kappa shape index (κ2) is 6.94. The molecule has 9 heteroatoms. The average molecular weight is 405 g/mol.